The molecule has 32 heavy (non-hydrogen) atoms. The molecule has 0 radical (unpaired) electrons. The fourth-order valence-electron chi connectivity index (χ4n) is 3.16. The number of halogens is 1. The number of para-hydroxylation sites is 1. The molecule has 3 aromatic carbocycles. The molecule has 0 bridgehead atoms. The number of aromatic carboxylic acids is 1. The molecule has 0 atom stereocenters. The molecule has 3 aromatic rings. The summed E-state index contributed by atoms with van der Waals surface area (Å²) >= 11 is 6.32. The maximum Gasteiger partial charge on any atom is 0.335 e. The maximum absolute atomic E-state index is 12.7. The van der Waals surface area contributed by atoms with Gasteiger partial charge in [0.1, 0.15) is 17.9 Å². The second-order valence-electron chi connectivity index (χ2n) is 6.96. The fraction of sp³-hybridized carbons (Fsp3) is 0.0417. The van der Waals surface area contributed by atoms with Crippen LogP contribution in [0, 0.1) is 0 Å². The summed E-state index contributed by atoms with van der Waals surface area (Å²) in [6, 6.07) is 20.1. The van der Waals surface area contributed by atoms with Crippen molar-refractivity contribution < 1.29 is 24.2 Å². The van der Waals surface area contributed by atoms with Gasteiger partial charge in [-0.05, 0) is 53.6 Å². The molecular formula is C24H17ClN2O5. The fourth-order valence-corrected chi connectivity index (χ4v) is 3.41. The van der Waals surface area contributed by atoms with Crippen molar-refractivity contribution in [3.05, 3.63) is 100 Å². The lowest BCUT2D eigenvalue weighted by Crippen LogP contribution is -2.35. The van der Waals surface area contributed by atoms with Crippen LogP contribution >= 0.6 is 11.6 Å². The van der Waals surface area contributed by atoms with E-state index in [4.69, 9.17) is 21.4 Å². The summed E-state index contributed by atoms with van der Waals surface area (Å²) in [5.74, 6) is -1.59. The first kappa shape index (κ1) is 21.1. The van der Waals surface area contributed by atoms with E-state index in [0.717, 1.165) is 0 Å². The number of nitrogens with zero attached hydrogens (tertiary/aromatic N) is 1. The average Bonchev–Trinajstić information content (AvgIpc) is 3.07. The van der Waals surface area contributed by atoms with Crippen molar-refractivity contribution >= 4 is 41.1 Å². The van der Waals surface area contributed by atoms with Gasteiger partial charge in [-0.25, -0.2) is 9.80 Å². The molecule has 0 saturated carbocycles. The molecule has 2 amide bonds. The number of carboxylic acid groups (broad SMARTS) is 1. The van der Waals surface area contributed by atoms with E-state index >= 15 is 0 Å². The SMILES string of the molecule is O=C1NN(c2ccccc2)C(=O)C1=Cc1ccc(OCc2cccc(C(=O)O)c2)c(Cl)c1. The first-order chi connectivity index (χ1) is 15.4. The summed E-state index contributed by atoms with van der Waals surface area (Å²) in [7, 11) is 0. The van der Waals surface area contributed by atoms with E-state index < -0.39 is 17.8 Å². The van der Waals surface area contributed by atoms with Crippen molar-refractivity contribution in [3.8, 4) is 5.75 Å². The minimum atomic E-state index is -1.02. The van der Waals surface area contributed by atoms with Gasteiger partial charge in [-0.15, -0.1) is 0 Å². The Morgan fingerprint density at radius 3 is 2.53 bits per heavy atom. The van der Waals surface area contributed by atoms with Gasteiger partial charge >= 0.3 is 5.97 Å². The number of ether oxygens (including phenoxy) is 1. The van der Waals surface area contributed by atoms with Gasteiger partial charge in [0, 0.05) is 0 Å². The van der Waals surface area contributed by atoms with Gasteiger partial charge < -0.3 is 9.84 Å². The number of benzene rings is 3. The first-order valence-corrected chi connectivity index (χ1v) is 9.97. The number of carbonyl (C=O) groups excluding carboxylic acids is 2. The van der Waals surface area contributed by atoms with Crippen LogP contribution in [0.2, 0.25) is 5.02 Å². The molecule has 160 valence electrons. The molecule has 2 N–H and O–H groups in total. The molecular weight excluding hydrogens is 432 g/mol. The molecule has 1 heterocycles. The molecule has 0 unspecified atom stereocenters. The van der Waals surface area contributed by atoms with Crippen molar-refractivity contribution in [2.45, 2.75) is 6.61 Å². The van der Waals surface area contributed by atoms with Crippen LogP contribution < -0.4 is 15.2 Å². The summed E-state index contributed by atoms with van der Waals surface area (Å²) in [5.41, 5.74) is 4.50. The number of hydrogen-bond donors (Lipinski definition) is 2. The monoisotopic (exact) mass is 448 g/mol. The summed E-state index contributed by atoms with van der Waals surface area (Å²) in [5, 5.41) is 10.6. The molecule has 1 fully saturated rings. The first-order valence-electron chi connectivity index (χ1n) is 9.59. The predicted octanol–water partition coefficient (Wildman–Crippen LogP) is 4.08. The van der Waals surface area contributed by atoms with Gasteiger partial charge in [0.15, 0.2) is 0 Å². The van der Waals surface area contributed by atoms with E-state index in [9.17, 15) is 14.4 Å². The Kier molecular flexibility index (Phi) is 5.91. The van der Waals surface area contributed by atoms with Gasteiger partial charge in [0.2, 0.25) is 0 Å². The molecule has 0 spiro atoms. The van der Waals surface area contributed by atoms with Crippen molar-refractivity contribution in [3.63, 3.8) is 0 Å². The van der Waals surface area contributed by atoms with Gasteiger partial charge in [-0.2, -0.15) is 0 Å². The zero-order valence-electron chi connectivity index (χ0n) is 16.6. The van der Waals surface area contributed by atoms with Crippen LogP contribution in [0.25, 0.3) is 6.08 Å². The predicted molar refractivity (Wildman–Crippen MR) is 119 cm³/mol. The van der Waals surface area contributed by atoms with Crippen LogP contribution in [-0.4, -0.2) is 22.9 Å². The molecule has 0 aromatic heterocycles. The van der Waals surface area contributed by atoms with Crippen molar-refractivity contribution in [2.75, 3.05) is 5.01 Å². The van der Waals surface area contributed by atoms with Gasteiger partial charge in [0.05, 0.1) is 16.3 Å². The number of hydrazine groups is 1. The summed E-state index contributed by atoms with van der Waals surface area (Å²) < 4.78 is 5.70. The lowest BCUT2D eigenvalue weighted by Gasteiger charge is -2.13. The van der Waals surface area contributed by atoms with Crippen LogP contribution in [-0.2, 0) is 16.2 Å². The van der Waals surface area contributed by atoms with Crippen LogP contribution in [0.3, 0.4) is 0 Å². The Labute approximate surface area is 188 Å². The Bertz CT molecular complexity index is 1240. The van der Waals surface area contributed by atoms with Gasteiger partial charge in [-0.3, -0.25) is 15.0 Å². The highest BCUT2D eigenvalue weighted by Gasteiger charge is 2.34. The normalized spacial score (nSPS) is 14.5. The smallest absolute Gasteiger partial charge is 0.335 e. The van der Waals surface area contributed by atoms with E-state index in [0.29, 0.717) is 27.6 Å². The Balaban J connectivity index is 1.49. The number of anilines is 1. The number of rotatable bonds is 6. The van der Waals surface area contributed by atoms with Crippen LogP contribution in [0.5, 0.6) is 5.75 Å². The van der Waals surface area contributed by atoms with Gasteiger partial charge in [0.25, 0.3) is 11.8 Å². The lowest BCUT2D eigenvalue weighted by atomic mass is 10.1. The highest BCUT2D eigenvalue weighted by molar-refractivity contribution is 6.33. The summed E-state index contributed by atoms with van der Waals surface area (Å²) in [4.78, 5) is 36.1. The highest BCUT2D eigenvalue weighted by Crippen LogP contribution is 2.28. The van der Waals surface area contributed by atoms with Crippen molar-refractivity contribution in [2.24, 2.45) is 0 Å². The highest BCUT2D eigenvalue weighted by atomic mass is 35.5. The third-order valence-corrected chi connectivity index (χ3v) is 5.04. The molecule has 7 nitrogen and oxygen atoms in total. The molecule has 1 saturated heterocycles. The van der Waals surface area contributed by atoms with Crippen LogP contribution in [0.15, 0.2) is 78.4 Å². The summed E-state index contributed by atoms with van der Waals surface area (Å²) in [6.45, 7) is 0.133. The molecule has 1 aliphatic heterocycles. The van der Waals surface area contributed by atoms with Crippen LogP contribution in [0.1, 0.15) is 21.5 Å². The Morgan fingerprint density at radius 1 is 1.03 bits per heavy atom. The summed E-state index contributed by atoms with van der Waals surface area (Å²) in [6.07, 6.45) is 1.46. The minimum absolute atomic E-state index is 0.0101. The minimum Gasteiger partial charge on any atom is -0.487 e. The lowest BCUT2D eigenvalue weighted by molar-refractivity contribution is -0.117. The standard InChI is InChI=1S/C24H17ClN2O5/c25-20-13-15(9-10-21(20)32-14-16-5-4-6-17(11-16)24(30)31)12-19-22(28)26-27(23(19)29)18-7-2-1-3-8-18/h1-13H,14H2,(H,26,28)(H,30,31). The van der Waals surface area contributed by atoms with E-state index in [-0.39, 0.29) is 17.7 Å². The van der Waals surface area contributed by atoms with E-state index in [2.05, 4.69) is 5.43 Å². The van der Waals surface area contributed by atoms with E-state index in [1.54, 1.807) is 54.6 Å². The number of carbonyl (C=O) groups is 3. The topological polar surface area (TPSA) is 95.9 Å². The molecule has 1 aliphatic rings. The second kappa shape index (κ2) is 8.95. The Morgan fingerprint density at radius 2 is 1.81 bits per heavy atom. The molecule has 0 aliphatic carbocycles. The van der Waals surface area contributed by atoms with E-state index in [1.807, 2.05) is 6.07 Å². The average molecular weight is 449 g/mol. The third-order valence-electron chi connectivity index (χ3n) is 4.74. The number of nitrogens with one attached hydrogen (secondary N) is 1. The number of hydrogen-bond acceptors (Lipinski definition) is 4. The van der Waals surface area contributed by atoms with Crippen LogP contribution in [0.4, 0.5) is 5.69 Å². The van der Waals surface area contributed by atoms with Gasteiger partial charge in [-0.1, -0.05) is 48.0 Å². The largest absolute Gasteiger partial charge is 0.487 e. The van der Waals surface area contributed by atoms with Crippen molar-refractivity contribution in [1.82, 2.24) is 5.43 Å². The van der Waals surface area contributed by atoms with Crippen molar-refractivity contribution in [1.29, 1.82) is 0 Å². The molecule has 8 heteroatoms. The zero-order chi connectivity index (χ0) is 22.7. The number of amides is 2. The quantitative estimate of drug-likeness (QED) is 0.437. The molecule has 4 rings (SSSR count). The Hall–Kier alpha value is -4.10. The maximum atomic E-state index is 12.7. The second-order valence-corrected chi connectivity index (χ2v) is 7.37. The number of carboxylic acids is 1. The third kappa shape index (κ3) is 4.48. The zero-order valence-corrected chi connectivity index (χ0v) is 17.4. The van der Waals surface area contributed by atoms with E-state index in [1.165, 1.54) is 23.2 Å².